The first-order valence-electron chi connectivity index (χ1n) is 5.12. The van der Waals surface area contributed by atoms with Gasteiger partial charge in [-0.2, -0.15) is 4.98 Å². The van der Waals surface area contributed by atoms with Crippen molar-refractivity contribution in [2.24, 2.45) is 0 Å². The summed E-state index contributed by atoms with van der Waals surface area (Å²) in [6, 6.07) is 7.39. The van der Waals surface area contributed by atoms with Crippen molar-refractivity contribution in [3.63, 3.8) is 0 Å². The normalized spacial score (nSPS) is 10.9. The second-order valence-corrected chi connectivity index (χ2v) is 3.71. The van der Waals surface area contributed by atoms with E-state index in [2.05, 4.69) is 15.1 Å². The van der Waals surface area contributed by atoms with E-state index in [1.165, 1.54) is 0 Å². The smallest absolute Gasteiger partial charge is 0.223 e. The van der Waals surface area contributed by atoms with Crippen molar-refractivity contribution in [1.29, 1.82) is 0 Å². The Morgan fingerprint density at radius 1 is 1.24 bits per heavy atom. The molecule has 0 fully saturated rings. The molecule has 0 aliphatic heterocycles. The van der Waals surface area contributed by atoms with Crippen LogP contribution in [0.4, 0.5) is 0 Å². The first-order valence-corrected chi connectivity index (χ1v) is 5.12. The molecule has 5 nitrogen and oxygen atoms in total. The monoisotopic (exact) mass is 227 g/mol. The number of aromatic hydroxyl groups is 1. The van der Waals surface area contributed by atoms with Gasteiger partial charge in [-0.25, -0.2) is 4.98 Å². The molecule has 0 aliphatic carbocycles. The van der Waals surface area contributed by atoms with Gasteiger partial charge in [-0.05, 0) is 17.5 Å². The summed E-state index contributed by atoms with van der Waals surface area (Å²) in [6.07, 6.45) is 1.57. The quantitative estimate of drug-likeness (QED) is 0.690. The third-order valence-electron chi connectivity index (χ3n) is 2.53. The summed E-state index contributed by atoms with van der Waals surface area (Å²) in [6.45, 7) is 1.73. The van der Waals surface area contributed by atoms with Crippen LogP contribution in [-0.2, 0) is 0 Å². The molecule has 3 aromatic rings. The molecule has 1 aromatic carbocycles. The Balaban J connectivity index is 2.22. The molecule has 0 atom stereocenters. The summed E-state index contributed by atoms with van der Waals surface area (Å²) in [7, 11) is 0. The molecule has 0 bridgehead atoms. The highest BCUT2D eigenvalue weighted by Crippen LogP contribution is 2.26. The van der Waals surface area contributed by atoms with Crippen LogP contribution in [0.15, 0.2) is 35.0 Å². The molecule has 17 heavy (non-hydrogen) atoms. The number of nitrogens with zero attached hydrogens (tertiary/aromatic N) is 3. The Morgan fingerprint density at radius 2 is 2.12 bits per heavy atom. The zero-order chi connectivity index (χ0) is 11.8. The fourth-order valence-corrected chi connectivity index (χ4v) is 1.71. The molecule has 1 N–H and O–H groups in total. The second kappa shape index (κ2) is 3.55. The number of aryl methyl sites for hydroxylation is 1. The SMILES string of the molecule is Cc1nc(-c2ccc3ccnc(O)c3c2)no1. The average molecular weight is 227 g/mol. The molecule has 0 aliphatic rings. The molecule has 0 radical (unpaired) electrons. The van der Waals surface area contributed by atoms with Gasteiger partial charge in [0.05, 0.1) is 0 Å². The van der Waals surface area contributed by atoms with Crippen LogP contribution in [0.2, 0.25) is 0 Å². The third-order valence-corrected chi connectivity index (χ3v) is 2.53. The summed E-state index contributed by atoms with van der Waals surface area (Å²) in [5, 5.41) is 15.1. The van der Waals surface area contributed by atoms with Gasteiger partial charge in [0.2, 0.25) is 17.6 Å². The van der Waals surface area contributed by atoms with E-state index in [0.29, 0.717) is 17.1 Å². The number of aromatic nitrogens is 3. The Labute approximate surface area is 96.7 Å². The second-order valence-electron chi connectivity index (χ2n) is 3.71. The van der Waals surface area contributed by atoms with Crippen molar-refractivity contribution in [2.45, 2.75) is 6.92 Å². The van der Waals surface area contributed by atoms with Crippen molar-refractivity contribution in [3.05, 3.63) is 36.4 Å². The minimum Gasteiger partial charge on any atom is -0.493 e. The van der Waals surface area contributed by atoms with Crippen LogP contribution < -0.4 is 0 Å². The van der Waals surface area contributed by atoms with E-state index in [4.69, 9.17) is 4.52 Å². The van der Waals surface area contributed by atoms with Gasteiger partial charge in [0.25, 0.3) is 0 Å². The number of fused-ring (bicyclic) bond motifs is 1. The van der Waals surface area contributed by atoms with Gasteiger partial charge >= 0.3 is 0 Å². The molecular formula is C12H9N3O2. The van der Waals surface area contributed by atoms with E-state index >= 15 is 0 Å². The average Bonchev–Trinajstić information content (AvgIpc) is 2.76. The Morgan fingerprint density at radius 3 is 2.88 bits per heavy atom. The lowest BCUT2D eigenvalue weighted by Gasteiger charge is -2.01. The molecule has 0 unspecified atom stereocenters. The van der Waals surface area contributed by atoms with Gasteiger partial charge in [-0.1, -0.05) is 17.3 Å². The first kappa shape index (κ1) is 9.77. The largest absolute Gasteiger partial charge is 0.493 e. The van der Waals surface area contributed by atoms with Crippen LogP contribution in [0.25, 0.3) is 22.2 Å². The molecule has 3 rings (SSSR count). The molecule has 2 heterocycles. The topological polar surface area (TPSA) is 72.0 Å². The highest BCUT2D eigenvalue weighted by Gasteiger charge is 2.08. The van der Waals surface area contributed by atoms with Crippen molar-refractivity contribution < 1.29 is 9.63 Å². The van der Waals surface area contributed by atoms with E-state index in [-0.39, 0.29) is 5.88 Å². The molecule has 0 spiro atoms. The van der Waals surface area contributed by atoms with Crippen molar-refractivity contribution in [3.8, 4) is 17.3 Å². The summed E-state index contributed by atoms with van der Waals surface area (Å²) in [4.78, 5) is 7.98. The summed E-state index contributed by atoms with van der Waals surface area (Å²) in [5.74, 6) is 1.02. The molecule has 0 saturated carbocycles. The van der Waals surface area contributed by atoms with E-state index in [1.54, 1.807) is 19.2 Å². The standard InChI is InChI=1S/C12H9N3O2/c1-7-14-11(15-17-7)9-3-2-8-4-5-13-12(16)10(8)6-9/h2-6H,1H3,(H,13,16). The van der Waals surface area contributed by atoms with Crippen LogP contribution in [0.1, 0.15) is 5.89 Å². The van der Waals surface area contributed by atoms with Gasteiger partial charge < -0.3 is 9.63 Å². The van der Waals surface area contributed by atoms with E-state index in [0.717, 1.165) is 10.9 Å². The number of benzene rings is 1. The van der Waals surface area contributed by atoms with Crippen molar-refractivity contribution >= 4 is 10.8 Å². The molecule has 5 heteroatoms. The molecule has 0 amide bonds. The maximum Gasteiger partial charge on any atom is 0.223 e. The highest BCUT2D eigenvalue weighted by molar-refractivity contribution is 5.89. The predicted molar refractivity (Wildman–Crippen MR) is 61.4 cm³/mol. The highest BCUT2D eigenvalue weighted by atomic mass is 16.5. The fraction of sp³-hybridized carbons (Fsp3) is 0.0833. The minimum atomic E-state index is 0.00423. The number of hydrogen-bond donors (Lipinski definition) is 1. The van der Waals surface area contributed by atoms with Crippen molar-refractivity contribution in [1.82, 2.24) is 15.1 Å². The molecule has 0 saturated heterocycles. The lowest BCUT2D eigenvalue weighted by Crippen LogP contribution is -1.83. The number of rotatable bonds is 1. The number of hydrogen-bond acceptors (Lipinski definition) is 5. The van der Waals surface area contributed by atoms with E-state index in [1.807, 2.05) is 18.2 Å². The van der Waals surface area contributed by atoms with E-state index in [9.17, 15) is 5.11 Å². The van der Waals surface area contributed by atoms with Crippen LogP contribution in [0, 0.1) is 6.92 Å². The van der Waals surface area contributed by atoms with Gasteiger partial charge in [0.1, 0.15) is 0 Å². The Hall–Kier alpha value is -2.43. The maximum atomic E-state index is 9.67. The lowest BCUT2D eigenvalue weighted by atomic mass is 10.1. The molecule has 2 aromatic heterocycles. The lowest BCUT2D eigenvalue weighted by molar-refractivity contribution is 0.394. The zero-order valence-corrected chi connectivity index (χ0v) is 9.08. The van der Waals surface area contributed by atoms with Crippen molar-refractivity contribution in [2.75, 3.05) is 0 Å². The number of pyridine rings is 1. The Bertz CT molecular complexity index is 691. The van der Waals surface area contributed by atoms with Crippen LogP contribution in [0.3, 0.4) is 0 Å². The van der Waals surface area contributed by atoms with Gasteiger partial charge in [0, 0.05) is 24.1 Å². The molecule has 84 valence electrons. The van der Waals surface area contributed by atoms with Gasteiger partial charge in [-0.15, -0.1) is 0 Å². The van der Waals surface area contributed by atoms with Crippen LogP contribution >= 0.6 is 0 Å². The predicted octanol–water partition coefficient (Wildman–Crippen LogP) is 2.30. The van der Waals surface area contributed by atoms with E-state index < -0.39 is 0 Å². The molecular weight excluding hydrogens is 218 g/mol. The van der Waals surface area contributed by atoms with Gasteiger partial charge in [-0.3, -0.25) is 0 Å². The van der Waals surface area contributed by atoms with Gasteiger partial charge in [0.15, 0.2) is 0 Å². The minimum absolute atomic E-state index is 0.00423. The maximum absolute atomic E-state index is 9.67. The summed E-state index contributed by atoms with van der Waals surface area (Å²) in [5.41, 5.74) is 0.789. The first-order chi connectivity index (χ1) is 8.24. The Kier molecular flexibility index (Phi) is 2.04. The third kappa shape index (κ3) is 1.61. The van der Waals surface area contributed by atoms with Crippen LogP contribution in [-0.4, -0.2) is 20.2 Å². The van der Waals surface area contributed by atoms with Crippen LogP contribution in [0.5, 0.6) is 5.88 Å². The fourth-order valence-electron chi connectivity index (χ4n) is 1.71. The summed E-state index contributed by atoms with van der Waals surface area (Å²) < 4.78 is 4.92. The zero-order valence-electron chi connectivity index (χ0n) is 9.08. The summed E-state index contributed by atoms with van der Waals surface area (Å²) >= 11 is 0.